The summed E-state index contributed by atoms with van der Waals surface area (Å²) in [5.74, 6) is 1.37. The third-order valence-corrected chi connectivity index (χ3v) is 7.15. The van der Waals surface area contributed by atoms with Crippen LogP contribution < -0.4 is 5.56 Å². The first-order valence-electron chi connectivity index (χ1n) is 11.7. The highest BCUT2D eigenvalue weighted by Gasteiger charge is 2.34. The van der Waals surface area contributed by atoms with Crippen molar-refractivity contribution in [2.45, 2.75) is 64.0 Å². The van der Waals surface area contributed by atoms with Crippen LogP contribution >= 0.6 is 0 Å². The van der Waals surface area contributed by atoms with Crippen LogP contribution in [-0.2, 0) is 13.0 Å². The van der Waals surface area contributed by atoms with E-state index in [1.807, 2.05) is 4.90 Å². The molecule has 0 spiro atoms. The molecule has 2 aromatic rings. The molecule has 1 atom stereocenters. The van der Waals surface area contributed by atoms with Gasteiger partial charge in [0.25, 0.3) is 11.5 Å². The predicted octanol–water partition coefficient (Wildman–Crippen LogP) is 3.08. The molecule has 0 unspecified atom stereocenters. The van der Waals surface area contributed by atoms with Gasteiger partial charge < -0.3 is 9.88 Å². The van der Waals surface area contributed by atoms with E-state index >= 15 is 0 Å². The Kier molecular flexibility index (Phi) is 5.85. The number of rotatable bonds is 4. The first-order chi connectivity index (χ1) is 15.2. The van der Waals surface area contributed by atoms with E-state index in [1.54, 1.807) is 24.5 Å². The zero-order valence-corrected chi connectivity index (χ0v) is 18.1. The fourth-order valence-electron chi connectivity index (χ4n) is 5.51. The van der Waals surface area contributed by atoms with Crippen molar-refractivity contribution in [3.8, 4) is 0 Å². The number of pyridine rings is 1. The fourth-order valence-corrected chi connectivity index (χ4v) is 5.51. The number of nitrogens with one attached hydrogen (secondary N) is 1. The van der Waals surface area contributed by atoms with E-state index in [9.17, 15) is 9.59 Å². The molecule has 2 aromatic heterocycles. The highest BCUT2D eigenvalue weighted by Crippen LogP contribution is 2.32. The van der Waals surface area contributed by atoms with E-state index in [2.05, 4.69) is 14.9 Å². The van der Waals surface area contributed by atoms with E-state index in [4.69, 9.17) is 4.98 Å². The summed E-state index contributed by atoms with van der Waals surface area (Å²) in [6.07, 6.45) is 12.5. The Hall–Kier alpha value is -2.54. The normalized spacial score (nSPS) is 22.5. The number of H-pyrrole nitrogens is 1. The molecule has 7 heteroatoms. The molecule has 4 heterocycles. The molecule has 5 rings (SSSR count). The number of aromatic amines is 1. The van der Waals surface area contributed by atoms with E-state index in [0.717, 1.165) is 56.1 Å². The summed E-state index contributed by atoms with van der Waals surface area (Å²) < 4.78 is 0. The summed E-state index contributed by atoms with van der Waals surface area (Å²) in [5.41, 5.74) is 2.28. The van der Waals surface area contributed by atoms with Gasteiger partial charge in [-0.05, 0) is 50.2 Å². The molecule has 31 heavy (non-hydrogen) atoms. The van der Waals surface area contributed by atoms with Crippen molar-refractivity contribution in [3.05, 3.63) is 57.5 Å². The molecule has 1 saturated carbocycles. The lowest BCUT2D eigenvalue weighted by Gasteiger charge is -2.33. The summed E-state index contributed by atoms with van der Waals surface area (Å²) in [6, 6.07) is 3.38. The number of amides is 1. The number of nitrogens with zero attached hydrogens (tertiary/aromatic N) is 4. The molecule has 1 N–H and O–H groups in total. The van der Waals surface area contributed by atoms with Crippen molar-refractivity contribution in [2.75, 3.05) is 19.6 Å². The van der Waals surface area contributed by atoms with Gasteiger partial charge in [0.05, 0.1) is 17.3 Å². The van der Waals surface area contributed by atoms with Gasteiger partial charge in [0, 0.05) is 44.1 Å². The summed E-state index contributed by atoms with van der Waals surface area (Å²) in [6.45, 7) is 3.46. The van der Waals surface area contributed by atoms with Gasteiger partial charge in [0.1, 0.15) is 5.82 Å². The highest BCUT2D eigenvalue weighted by atomic mass is 16.2. The number of aromatic nitrogens is 3. The van der Waals surface area contributed by atoms with Crippen LogP contribution in [0.2, 0.25) is 0 Å². The van der Waals surface area contributed by atoms with Crippen LogP contribution in [0.15, 0.2) is 29.3 Å². The Labute approximate surface area is 182 Å². The number of likely N-dealkylation sites (tertiary alicyclic amines) is 1. The Balaban J connectivity index is 1.36. The molecule has 2 aliphatic heterocycles. The average molecular weight is 422 g/mol. The third-order valence-electron chi connectivity index (χ3n) is 7.15. The number of carbonyl (C=O) groups excluding carboxylic acids is 1. The van der Waals surface area contributed by atoms with Gasteiger partial charge in [-0.15, -0.1) is 0 Å². The molecule has 0 radical (unpaired) electrons. The second-order valence-corrected chi connectivity index (χ2v) is 9.26. The van der Waals surface area contributed by atoms with Crippen LogP contribution in [0.4, 0.5) is 0 Å². The largest absolute Gasteiger partial charge is 0.328 e. The second-order valence-electron chi connectivity index (χ2n) is 9.26. The minimum absolute atomic E-state index is 0.0296. The predicted molar refractivity (Wildman–Crippen MR) is 118 cm³/mol. The molecular formula is C24H31N5O2. The smallest absolute Gasteiger partial charge is 0.256 e. The molecule has 2 fully saturated rings. The molecule has 3 aliphatic rings. The summed E-state index contributed by atoms with van der Waals surface area (Å²) in [7, 11) is 0. The van der Waals surface area contributed by atoms with Crippen molar-refractivity contribution in [2.24, 2.45) is 5.92 Å². The van der Waals surface area contributed by atoms with Crippen molar-refractivity contribution < 1.29 is 4.79 Å². The molecule has 1 aliphatic carbocycles. The zero-order chi connectivity index (χ0) is 21.2. The molecule has 1 amide bonds. The van der Waals surface area contributed by atoms with Gasteiger partial charge >= 0.3 is 0 Å². The summed E-state index contributed by atoms with van der Waals surface area (Å²) in [4.78, 5) is 42.2. The quantitative estimate of drug-likeness (QED) is 0.820. The van der Waals surface area contributed by atoms with Crippen LogP contribution in [-0.4, -0.2) is 50.3 Å². The van der Waals surface area contributed by atoms with E-state index in [-0.39, 0.29) is 17.5 Å². The molecule has 7 nitrogen and oxygen atoms in total. The van der Waals surface area contributed by atoms with Crippen molar-refractivity contribution >= 4 is 5.91 Å². The fraction of sp³-hybridized carbons (Fsp3) is 0.583. The SMILES string of the molecule is O=C(c1cccnc1)N1CCC[C@@H]1c1nc2c(c(=O)[nH]1)CCN(CC1CCCCC1)C2. The van der Waals surface area contributed by atoms with E-state index in [1.165, 1.54) is 32.1 Å². The summed E-state index contributed by atoms with van der Waals surface area (Å²) >= 11 is 0. The highest BCUT2D eigenvalue weighted by molar-refractivity contribution is 5.94. The van der Waals surface area contributed by atoms with Gasteiger partial charge in [-0.3, -0.25) is 19.5 Å². The van der Waals surface area contributed by atoms with Crippen LogP contribution in [0.3, 0.4) is 0 Å². The Morgan fingerprint density at radius 1 is 1.13 bits per heavy atom. The van der Waals surface area contributed by atoms with Crippen LogP contribution in [0, 0.1) is 5.92 Å². The maximum Gasteiger partial charge on any atom is 0.256 e. The van der Waals surface area contributed by atoms with Gasteiger partial charge in [-0.2, -0.15) is 0 Å². The van der Waals surface area contributed by atoms with Crippen LogP contribution in [0.1, 0.15) is 78.4 Å². The standard InChI is InChI=1S/C24H31N5O2/c30-23-19-10-13-28(15-17-6-2-1-3-7-17)16-20(19)26-22(27-23)21-9-5-12-29(21)24(31)18-8-4-11-25-14-18/h4,8,11,14,17,21H,1-3,5-7,9-10,12-13,15-16H2,(H,26,27,30)/t21-/m1/s1. The Bertz CT molecular complexity index is 983. The molecule has 0 aromatic carbocycles. The topological polar surface area (TPSA) is 82.2 Å². The maximum absolute atomic E-state index is 13.0. The Morgan fingerprint density at radius 2 is 2.00 bits per heavy atom. The van der Waals surface area contributed by atoms with Crippen LogP contribution in [0.5, 0.6) is 0 Å². The zero-order valence-electron chi connectivity index (χ0n) is 18.1. The molecule has 0 bridgehead atoms. The van der Waals surface area contributed by atoms with Crippen LogP contribution in [0.25, 0.3) is 0 Å². The van der Waals surface area contributed by atoms with Gasteiger partial charge in [-0.25, -0.2) is 4.98 Å². The lowest BCUT2D eigenvalue weighted by molar-refractivity contribution is 0.0728. The van der Waals surface area contributed by atoms with Gasteiger partial charge in [-0.1, -0.05) is 19.3 Å². The lowest BCUT2D eigenvalue weighted by Crippen LogP contribution is -2.39. The number of hydrogen-bond acceptors (Lipinski definition) is 5. The maximum atomic E-state index is 13.0. The first-order valence-corrected chi connectivity index (χ1v) is 11.7. The molecular weight excluding hydrogens is 390 g/mol. The van der Waals surface area contributed by atoms with Gasteiger partial charge in [0.15, 0.2) is 0 Å². The second kappa shape index (κ2) is 8.91. The monoisotopic (exact) mass is 421 g/mol. The number of hydrogen-bond donors (Lipinski definition) is 1. The first kappa shape index (κ1) is 20.4. The van der Waals surface area contributed by atoms with E-state index < -0.39 is 0 Å². The minimum Gasteiger partial charge on any atom is -0.328 e. The van der Waals surface area contributed by atoms with Crippen molar-refractivity contribution in [1.29, 1.82) is 0 Å². The lowest BCUT2D eigenvalue weighted by atomic mass is 9.88. The number of fused-ring (bicyclic) bond motifs is 1. The van der Waals surface area contributed by atoms with Gasteiger partial charge in [0.2, 0.25) is 0 Å². The van der Waals surface area contributed by atoms with E-state index in [0.29, 0.717) is 17.9 Å². The van der Waals surface area contributed by atoms with Crippen molar-refractivity contribution in [1.82, 2.24) is 24.8 Å². The minimum atomic E-state index is -0.181. The van der Waals surface area contributed by atoms with Crippen molar-refractivity contribution in [3.63, 3.8) is 0 Å². The summed E-state index contributed by atoms with van der Waals surface area (Å²) in [5, 5.41) is 0. The third kappa shape index (κ3) is 4.28. The Morgan fingerprint density at radius 3 is 2.81 bits per heavy atom. The molecule has 164 valence electrons. The average Bonchev–Trinajstić information content (AvgIpc) is 3.29. The number of carbonyl (C=O) groups is 1. The molecule has 1 saturated heterocycles.